The van der Waals surface area contributed by atoms with Crippen molar-refractivity contribution in [3.8, 4) is 45.3 Å². The molecular formula is C44H30N4O. The molecule has 49 heavy (non-hydrogen) atoms. The summed E-state index contributed by atoms with van der Waals surface area (Å²) in [5.41, 5.74) is 10.2. The van der Waals surface area contributed by atoms with Gasteiger partial charge in [0.15, 0.2) is 23.2 Å². The Hall–Kier alpha value is -6.12. The Morgan fingerprint density at radius 2 is 1.20 bits per heavy atom. The summed E-state index contributed by atoms with van der Waals surface area (Å²) in [6.45, 7) is 7.67. The van der Waals surface area contributed by atoms with Crippen LogP contribution in [0.4, 0.5) is 5.69 Å². The van der Waals surface area contributed by atoms with E-state index in [-0.39, 0.29) is 5.41 Å². The zero-order chi connectivity index (χ0) is 32.5. The Balaban J connectivity index is 1.17. The van der Waals surface area contributed by atoms with Crippen LogP contribution in [0.25, 0.3) is 82.8 Å². The van der Waals surface area contributed by atoms with Gasteiger partial charge in [0, 0.05) is 32.9 Å². The first kappa shape index (κ1) is 27.9. The molecule has 1 fully saturated rings. The Morgan fingerprint density at radius 1 is 0.531 bits per heavy atom. The van der Waals surface area contributed by atoms with Crippen LogP contribution < -0.4 is 0 Å². The summed E-state index contributed by atoms with van der Waals surface area (Å²) in [4.78, 5) is 19.2. The zero-order valence-corrected chi connectivity index (χ0v) is 26.8. The molecule has 5 heteroatoms. The second-order valence-corrected chi connectivity index (χ2v) is 13.4. The fraction of sp³-hybridized carbons (Fsp3) is 0.136. The van der Waals surface area contributed by atoms with Gasteiger partial charge in [-0.25, -0.2) is 19.8 Å². The van der Waals surface area contributed by atoms with Gasteiger partial charge < -0.3 is 4.42 Å². The van der Waals surface area contributed by atoms with E-state index < -0.39 is 0 Å². The Morgan fingerprint density at radius 3 is 2.02 bits per heavy atom. The largest absolute Gasteiger partial charge is 0.456 e. The van der Waals surface area contributed by atoms with Crippen molar-refractivity contribution in [2.24, 2.45) is 0 Å². The fourth-order valence-corrected chi connectivity index (χ4v) is 8.35. The second kappa shape index (κ2) is 10.7. The summed E-state index contributed by atoms with van der Waals surface area (Å²) < 4.78 is 6.26. The molecule has 0 unspecified atom stereocenters. The molecule has 2 aliphatic carbocycles. The van der Waals surface area contributed by atoms with Gasteiger partial charge in [-0.05, 0) is 82.3 Å². The number of para-hydroxylation sites is 1. The van der Waals surface area contributed by atoms with Crippen molar-refractivity contribution in [3.05, 3.63) is 144 Å². The molecule has 0 aliphatic heterocycles. The predicted molar refractivity (Wildman–Crippen MR) is 196 cm³/mol. The van der Waals surface area contributed by atoms with Gasteiger partial charge in [-0.1, -0.05) is 104 Å². The van der Waals surface area contributed by atoms with E-state index >= 15 is 0 Å². The van der Waals surface area contributed by atoms with E-state index in [2.05, 4.69) is 95.8 Å². The number of hydrogen-bond donors (Lipinski definition) is 0. The van der Waals surface area contributed by atoms with Crippen LogP contribution in [0, 0.1) is 6.57 Å². The van der Waals surface area contributed by atoms with E-state index in [0.29, 0.717) is 23.2 Å². The lowest BCUT2D eigenvalue weighted by Crippen LogP contribution is -2.28. The molecule has 2 aliphatic rings. The van der Waals surface area contributed by atoms with Crippen molar-refractivity contribution >= 4 is 38.4 Å². The first-order chi connectivity index (χ1) is 24.2. The SMILES string of the molecule is [C-]#[N+]c1ccc2c(c1)-c1ccc(-c3nc(-c4ccc5ccccc5c4)nc(-c4ccc5c(c4)oc4ccccc45)n3)cc1C21CCCCC1. The van der Waals surface area contributed by atoms with Crippen molar-refractivity contribution in [2.45, 2.75) is 37.5 Å². The van der Waals surface area contributed by atoms with Crippen molar-refractivity contribution < 1.29 is 4.42 Å². The smallest absolute Gasteiger partial charge is 0.187 e. The average molecular weight is 631 g/mol. The van der Waals surface area contributed by atoms with Gasteiger partial charge in [0.2, 0.25) is 0 Å². The molecule has 0 bridgehead atoms. The van der Waals surface area contributed by atoms with Gasteiger partial charge in [0.1, 0.15) is 11.2 Å². The minimum atomic E-state index is -0.0527. The van der Waals surface area contributed by atoms with Crippen LogP contribution in [-0.4, -0.2) is 15.0 Å². The van der Waals surface area contributed by atoms with E-state index in [4.69, 9.17) is 25.9 Å². The van der Waals surface area contributed by atoms with Crippen molar-refractivity contribution in [3.63, 3.8) is 0 Å². The van der Waals surface area contributed by atoms with Gasteiger partial charge in [-0.2, -0.15) is 0 Å². The Bertz CT molecular complexity index is 2670. The minimum absolute atomic E-state index is 0.0527. The minimum Gasteiger partial charge on any atom is -0.456 e. The molecule has 8 aromatic rings. The normalized spacial score (nSPS) is 14.7. The van der Waals surface area contributed by atoms with Gasteiger partial charge in [0.05, 0.1) is 6.57 Å². The highest BCUT2D eigenvalue weighted by Gasteiger charge is 2.43. The second-order valence-electron chi connectivity index (χ2n) is 13.4. The summed E-state index contributed by atoms with van der Waals surface area (Å²) in [5, 5.41) is 4.48. The summed E-state index contributed by atoms with van der Waals surface area (Å²) >= 11 is 0. The van der Waals surface area contributed by atoms with E-state index in [9.17, 15) is 0 Å². The molecule has 0 amide bonds. The first-order valence-electron chi connectivity index (χ1n) is 17.0. The fourth-order valence-electron chi connectivity index (χ4n) is 8.35. The van der Waals surface area contributed by atoms with Crippen LogP contribution in [0.15, 0.2) is 126 Å². The van der Waals surface area contributed by atoms with Gasteiger partial charge in [0.25, 0.3) is 0 Å². The van der Waals surface area contributed by atoms with Crippen LogP contribution >= 0.6 is 0 Å². The van der Waals surface area contributed by atoms with Crippen LogP contribution in [0.5, 0.6) is 0 Å². The number of aromatic nitrogens is 3. The summed E-state index contributed by atoms with van der Waals surface area (Å²) in [7, 11) is 0. The number of furan rings is 1. The summed E-state index contributed by atoms with van der Waals surface area (Å²) in [6.07, 6.45) is 5.86. The molecule has 232 valence electrons. The van der Waals surface area contributed by atoms with Gasteiger partial charge in [-0.15, -0.1) is 0 Å². The number of nitrogens with zero attached hydrogens (tertiary/aromatic N) is 4. The van der Waals surface area contributed by atoms with Crippen LogP contribution in [0.1, 0.15) is 43.2 Å². The van der Waals surface area contributed by atoms with E-state index in [0.717, 1.165) is 56.9 Å². The maximum Gasteiger partial charge on any atom is 0.187 e. The predicted octanol–water partition coefficient (Wildman–Crippen LogP) is 11.7. The third kappa shape index (κ3) is 4.34. The number of benzene rings is 6. The number of fused-ring (bicyclic) bond motifs is 9. The topological polar surface area (TPSA) is 56.2 Å². The molecule has 0 saturated heterocycles. The molecule has 6 aromatic carbocycles. The van der Waals surface area contributed by atoms with Crippen LogP contribution in [0.2, 0.25) is 0 Å². The molecule has 10 rings (SSSR count). The van der Waals surface area contributed by atoms with Crippen molar-refractivity contribution in [2.75, 3.05) is 0 Å². The molecule has 0 atom stereocenters. The maximum atomic E-state index is 7.67. The highest BCUT2D eigenvalue weighted by atomic mass is 16.3. The standard InChI is InChI=1S/C44H30N4O/c1-45-32-17-20-37-36(26-32)33-18-15-30(24-38(33)44(37)21-7-2-8-22-44)42-46-41(29-14-13-27-9-3-4-10-28(27)23-29)47-43(48-42)31-16-19-35-34-11-5-6-12-39(34)49-40(35)25-31/h3-6,9-20,23-26H,2,7-8,21-22H2. The van der Waals surface area contributed by atoms with Crippen LogP contribution in [-0.2, 0) is 5.41 Å². The highest BCUT2D eigenvalue weighted by Crippen LogP contribution is 2.57. The Kier molecular flexibility index (Phi) is 6.10. The summed E-state index contributed by atoms with van der Waals surface area (Å²) in [5.74, 6) is 1.88. The lowest BCUT2D eigenvalue weighted by Gasteiger charge is -2.36. The van der Waals surface area contributed by atoms with Crippen molar-refractivity contribution in [1.82, 2.24) is 15.0 Å². The lowest BCUT2D eigenvalue weighted by atomic mass is 9.67. The Labute approximate surface area is 283 Å². The average Bonchev–Trinajstić information content (AvgIpc) is 3.66. The molecule has 1 spiro atoms. The molecule has 0 radical (unpaired) electrons. The van der Waals surface area contributed by atoms with Crippen molar-refractivity contribution in [1.29, 1.82) is 0 Å². The van der Waals surface area contributed by atoms with Gasteiger partial charge >= 0.3 is 0 Å². The zero-order valence-electron chi connectivity index (χ0n) is 26.8. The monoisotopic (exact) mass is 630 g/mol. The third-order valence-corrected chi connectivity index (χ3v) is 10.7. The summed E-state index contributed by atoms with van der Waals surface area (Å²) in [6, 6.07) is 42.1. The molecule has 0 N–H and O–H groups in total. The highest BCUT2D eigenvalue weighted by molar-refractivity contribution is 6.05. The molecule has 2 aromatic heterocycles. The van der Waals surface area contributed by atoms with E-state index in [1.165, 1.54) is 46.9 Å². The van der Waals surface area contributed by atoms with E-state index in [1.54, 1.807) is 0 Å². The maximum absolute atomic E-state index is 7.67. The molecular weight excluding hydrogens is 601 g/mol. The van der Waals surface area contributed by atoms with E-state index in [1.807, 2.05) is 30.3 Å². The molecule has 5 nitrogen and oxygen atoms in total. The third-order valence-electron chi connectivity index (χ3n) is 10.7. The number of hydrogen-bond acceptors (Lipinski definition) is 4. The molecule has 2 heterocycles. The van der Waals surface area contributed by atoms with Crippen LogP contribution in [0.3, 0.4) is 0 Å². The lowest BCUT2D eigenvalue weighted by molar-refractivity contribution is 0.353. The number of rotatable bonds is 3. The van der Waals surface area contributed by atoms with Gasteiger partial charge in [-0.3, -0.25) is 0 Å². The quantitative estimate of drug-likeness (QED) is 0.182. The molecule has 1 saturated carbocycles. The first-order valence-corrected chi connectivity index (χ1v) is 17.0.